The van der Waals surface area contributed by atoms with Crippen LogP contribution in [0.3, 0.4) is 0 Å². The number of benzene rings is 1. The molecule has 17 heavy (non-hydrogen) atoms. The maximum Gasteiger partial charge on any atom is 0.119 e. The first kappa shape index (κ1) is 14.6. The average Bonchev–Trinajstić information content (AvgIpc) is 3.09. The molecule has 0 amide bonds. The van der Waals surface area contributed by atoms with Crippen LogP contribution in [0.25, 0.3) is 0 Å². The first-order valence-corrected chi connectivity index (χ1v) is 5.91. The standard InChI is InChI=1S/C12H16ClNO2.ClH/c13-9-1-5-12(6-2-9)16-8-11(15)7-14-10-3-4-10;/h1-2,5-6,10-11,14-15H,3-4,7-8H2;1H. The smallest absolute Gasteiger partial charge is 0.119 e. The maximum absolute atomic E-state index is 9.63. The Balaban J connectivity index is 0.00000144. The van der Waals surface area contributed by atoms with E-state index < -0.39 is 6.10 Å². The number of ether oxygens (including phenoxy) is 1. The fourth-order valence-corrected chi connectivity index (χ4v) is 1.50. The molecule has 96 valence electrons. The number of halogens is 2. The van der Waals surface area contributed by atoms with Gasteiger partial charge >= 0.3 is 0 Å². The molecule has 0 spiro atoms. The lowest BCUT2D eigenvalue weighted by atomic mass is 10.3. The fraction of sp³-hybridized carbons (Fsp3) is 0.500. The summed E-state index contributed by atoms with van der Waals surface area (Å²) < 4.78 is 5.43. The summed E-state index contributed by atoms with van der Waals surface area (Å²) >= 11 is 5.75. The SMILES string of the molecule is Cl.OC(CNC1CC1)COc1ccc(Cl)cc1. The minimum atomic E-state index is -0.462. The zero-order valence-electron chi connectivity index (χ0n) is 9.43. The van der Waals surface area contributed by atoms with Gasteiger partial charge in [-0.15, -0.1) is 12.4 Å². The van der Waals surface area contributed by atoms with E-state index in [0.717, 1.165) is 5.75 Å². The Morgan fingerprint density at radius 1 is 1.35 bits per heavy atom. The number of aliphatic hydroxyl groups excluding tert-OH is 1. The second-order valence-electron chi connectivity index (χ2n) is 4.10. The topological polar surface area (TPSA) is 41.5 Å². The first-order valence-electron chi connectivity index (χ1n) is 5.54. The van der Waals surface area contributed by atoms with Gasteiger partial charge in [-0.05, 0) is 37.1 Å². The summed E-state index contributed by atoms with van der Waals surface area (Å²) in [6, 6.07) is 7.75. The number of hydrogen-bond donors (Lipinski definition) is 2. The van der Waals surface area contributed by atoms with Gasteiger partial charge in [-0.1, -0.05) is 11.6 Å². The van der Waals surface area contributed by atoms with Gasteiger partial charge in [0.1, 0.15) is 18.5 Å². The Bertz CT molecular complexity index is 328. The van der Waals surface area contributed by atoms with Gasteiger partial charge in [-0.3, -0.25) is 0 Å². The second kappa shape index (κ2) is 7.07. The highest BCUT2D eigenvalue weighted by Gasteiger charge is 2.21. The summed E-state index contributed by atoms with van der Waals surface area (Å²) in [5, 5.41) is 13.6. The normalized spacial score (nSPS) is 16.1. The molecule has 1 aromatic rings. The molecule has 3 nitrogen and oxygen atoms in total. The zero-order chi connectivity index (χ0) is 11.4. The minimum Gasteiger partial charge on any atom is -0.491 e. The molecule has 0 radical (unpaired) electrons. The summed E-state index contributed by atoms with van der Waals surface area (Å²) in [5.41, 5.74) is 0. The summed E-state index contributed by atoms with van der Waals surface area (Å²) in [5.74, 6) is 0.731. The lowest BCUT2D eigenvalue weighted by Crippen LogP contribution is -2.32. The van der Waals surface area contributed by atoms with Crippen LogP contribution in [0.4, 0.5) is 0 Å². The van der Waals surface area contributed by atoms with Crippen molar-refractivity contribution in [3.8, 4) is 5.75 Å². The van der Waals surface area contributed by atoms with E-state index in [2.05, 4.69) is 5.32 Å². The Morgan fingerprint density at radius 3 is 2.59 bits per heavy atom. The molecule has 1 aliphatic rings. The van der Waals surface area contributed by atoms with Crippen molar-refractivity contribution < 1.29 is 9.84 Å². The van der Waals surface area contributed by atoms with Gasteiger partial charge in [0.15, 0.2) is 0 Å². The molecule has 0 aliphatic heterocycles. The van der Waals surface area contributed by atoms with Crippen LogP contribution in [0, 0.1) is 0 Å². The monoisotopic (exact) mass is 277 g/mol. The summed E-state index contributed by atoms with van der Waals surface area (Å²) in [7, 11) is 0. The third kappa shape index (κ3) is 5.59. The van der Waals surface area contributed by atoms with Crippen molar-refractivity contribution in [1.82, 2.24) is 5.32 Å². The number of hydrogen-bond acceptors (Lipinski definition) is 3. The number of nitrogens with one attached hydrogen (secondary N) is 1. The Hall–Kier alpha value is -0.480. The first-order chi connectivity index (χ1) is 7.74. The van der Waals surface area contributed by atoms with Crippen molar-refractivity contribution in [2.75, 3.05) is 13.2 Å². The molecule has 1 aliphatic carbocycles. The average molecular weight is 278 g/mol. The zero-order valence-corrected chi connectivity index (χ0v) is 11.0. The summed E-state index contributed by atoms with van der Waals surface area (Å²) in [4.78, 5) is 0. The van der Waals surface area contributed by atoms with Crippen LogP contribution in [0.5, 0.6) is 5.75 Å². The predicted octanol–water partition coefficient (Wildman–Crippen LogP) is 2.25. The Labute approximate surface area is 113 Å². The van der Waals surface area contributed by atoms with Crippen LogP contribution in [0.1, 0.15) is 12.8 Å². The van der Waals surface area contributed by atoms with Gasteiger partial charge in [-0.2, -0.15) is 0 Å². The van der Waals surface area contributed by atoms with Crippen molar-refractivity contribution in [2.24, 2.45) is 0 Å². The molecule has 0 heterocycles. The lowest BCUT2D eigenvalue weighted by molar-refractivity contribution is 0.106. The molecule has 0 aromatic heterocycles. The van der Waals surface area contributed by atoms with Crippen molar-refractivity contribution >= 4 is 24.0 Å². The quantitative estimate of drug-likeness (QED) is 0.838. The van der Waals surface area contributed by atoms with E-state index in [9.17, 15) is 5.11 Å². The minimum absolute atomic E-state index is 0. The highest BCUT2D eigenvalue weighted by molar-refractivity contribution is 6.30. The molecule has 1 saturated carbocycles. The summed E-state index contributed by atoms with van der Waals surface area (Å²) in [6.07, 6.45) is 1.99. The number of aliphatic hydroxyl groups is 1. The van der Waals surface area contributed by atoms with Crippen molar-refractivity contribution in [3.05, 3.63) is 29.3 Å². The van der Waals surface area contributed by atoms with E-state index in [0.29, 0.717) is 24.2 Å². The molecular weight excluding hydrogens is 261 g/mol. The van der Waals surface area contributed by atoms with E-state index in [4.69, 9.17) is 16.3 Å². The molecule has 2 rings (SSSR count). The van der Waals surface area contributed by atoms with Gasteiger partial charge in [0, 0.05) is 17.6 Å². The third-order valence-corrected chi connectivity index (χ3v) is 2.73. The van der Waals surface area contributed by atoms with E-state index in [-0.39, 0.29) is 12.4 Å². The van der Waals surface area contributed by atoms with Gasteiger partial charge in [0.05, 0.1) is 0 Å². The molecule has 1 fully saturated rings. The van der Waals surface area contributed by atoms with Gasteiger partial charge in [0.2, 0.25) is 0 Å². The Morgan fingerprint density at radius 2 is 2.00 bits per heavy atom. The molecule has 1 atom stereocenters. The predicted molar refractivity (Wildman–Crippen MR) is 71.2 cm³/mol. The second-order valence-corrected chi connectivity index (χ2v) is 4.54. The fourth-order valence-electron chi connectivity index (χ4n) is 1.37. The van der Waals surface area contributed by atoms with Crippen molar-refractivity contribution in [3.63, 3.8) is 0 Å². The van der Waals surface area contributed by atoms with Gasteiger partial charge < -0.3 is 15.2 Å². The highest BCUT2D eigenvalue weighted by Crippen LogP contribution is 2.18. The van der Waals surface area contributed by atoms with Crippen molar-refractivity contribution in [1.29, 1.82) is 0 Å². The molecule has 1 aromatic carbocycles. The third-order valence-electron chi connectivity index (χ3n) is 2.48. The molecule has 0 bridgehead atoms. The largest absolute Gasteiger partial charge is 0.491 e. The molecule has 0 saturated heterocycles. The van der Waals surface area contributed by atoms with Crippen molar-refractivity contribution in [2.45, 2.75) is 25.0 Å². The molecule has 2 N–H and O–H groups in total. The Kier molecular flexibility index (Phi) is 6.06. The van der Waals surface area contributed by atoms with Gasteiger partial charge in [-0.25, -0.2) is 0 Å². The van der Waals surface area contributed by atoms with Crippen LogP contribution in [0.2, 0.25) is 5.02 Å². The molecule has 5 heteroatoms. The van der Waals surface area contributed by atoms with E-state index in [1.165, 1.54) is 12.8 Å². The van der Waals surface area contributed by atoms with Crippen LogP contribution in [-0.2, 0) is 0 Å². The number of rotatable bonds is 6. The van der Waals surface area contributed by atoms with Crippen LogP contribution >= 0.6 is 24.0 Å². The van der Waals surface area contributed by atoms with E-state index in [1.807, 2.05) is 0 Å². The molecular formula is C12H17Cl2NO2. The van der Waals surface area contributed by atoms with Crippen LogP contribution in [0.15, 0.2) is 24.3 Å². The van der Waals surface area contributed by atoms with Gasteiger partial charge in [0.25, 0.3) is 0 Å². The van der Waals surface area contributed by atoms with E-state index in [1.54, 1.807) is 24.3 Å². The van der Waals surface area contributed by atoms with E-state index >= 15 is 0 Å². The van der Waals surface area contributed by atoms with Crippen LogP contribution < -0.4 is 10.1 Å². The summed E-state index contributed by atoms with van der Waals surface area (Å²) in [6.45, 7) is 0.902. The lowest BCUT2D eigenvalue weighted by Gasteiger charge is -2.12. The molecule has 1 unspecified atom stereocenters. The highest BCUT2D eigenvalue weighted by atomic mass is 35.5. The van der Waals surface area contributed by atoms with Crippen LogP contribution in [-0.4, -0.2) is 30.4 Å². The maximum atomic E-state index is 9.63.